The van der Waals surface area contributed by atoms with Gasteiger partial charge in [0.15, 0.2) is 5.78 Å². The van der Waals surface area contributed by atoms with Gasteiger partial charge in [0.2, 0.25) is 0 Å². The largest absolute Gasteiger partial charge is 0.398 e. The van der Waals surface area contributed by atoms with Crippen molar-refractivity contribution >= 4 is 45.7 Å². The zero-order valence-electron chi connectivity index (χ0n) is 8.78. The normalized spacial score (nSPS) is 10.2. The Kier molecular flexibility index (Phi) is 3.69. The second kappa shape index (κ2) is 5.06. The highest BCUT2D eigenvalue weighted by atomic mass is 127. The van der Waals surface area contributed by atoms with Crippen LogP contribution in [0.1, 0.15) is 15.9 Å². The molecule has 2 aromatic carbocycles. The molecule has 0 heterocycles. The fraction of sp³-hybridized carbons (Fsp3) is 0. The van der Waals surface area contributed by atoms with Gasteiger partial charge in [-0.2, -0.15) is 0 Å². The van der Waals surface area contributed by atoms with Gasteiger partial charge in [0.05, 0.1) is 10.7 Å². The molecule has 0 fully saturated rings. The van der Waals surface area contributed by atoms with Crippen LogP contribution < -0.4 is 5.73 Å². The standard InChI is InChI=1S/C13H9ClINO/c14-12-10(2-1-3-11(12)16)13(17)8-4-6-9(15)7-5-8/h1-7H,16H2. The second-order valence-corrected chi connectivity index (χ2v) is 5.17. The minimum Gasteiger partial charge on any atom is -0.398 e. The van der Waals surface area contributed by atoms with E-state index in [4.69, 9.17) is 17.3 Å². The average molecular weight is 358 g/mol. The summed E-state index contributed by atoms with van der Waals surface area (Å²) in [7, 11) is 0. The predicted molar refractivity (Wildman–Crippen MR) is 78.5 cm³/mol. The molecule has 0 aliphatic heterocycles. The summed E-state index contributed by atoms with van der Waals surface area (Å²) in [4.78, 5) is 12.2. The number of ketones is 1. The summed E-state index contributed by atoms with van der Waals surface area (Å²) in [5.74, 6) is -0.112. The minimum atomic E-state index is -0.112. The SMILES string of the molecule is Nc1cccc(C(=O)c2ccc(I)cc2)c1Cl. The smallest absolute Gasteiger partial charge is 0.194 e. The lowest BCUT2D eigenvalue weighted by Crippen LogP contribution is -2.03. The first kappa shape index (κ1) is 12.4. The molecule has 0 amide bonds. The molecule has 0 radical (unpaired) electrons. The Morgan fingerprint density at radius 1 is 1.12 bits per heavy atom. The van der Waals surface area contributed by atoms with Crippen LogP contribution in [0.25, 0.3) is 0 Å². The molecule has 2 rings (SSSR count). The molecule has 0 atom stereocenters. The number of anilines is 1. The first-order valence-corrected chi connectivity index (χ1v) is 6.39. The summed E-state index contributed by atoms with van der Waals surface area (Å²) in [6.07, 6.45) is 0. The van der Waals surface area contributed by atoms with Crippen LogP contribution >= 0.6 is 34.2 Å². The first-order valence-electron chi connectivity index (χ1n) is 4.94. The maximum absolute atomic E-state index is 12.2. The third-order valence-electron chi connectivity index (χ3n) is 2.38. The number of nitrogens with two attached hydrogens (primary N) is 1. The van der Waals surface area contributed by atoms with Crippen LogP contribution in [-0.2, 0) is 0 Å². The average Bonchev–Trinajstić information content (AvgIpc) is 2.33. The second-order valence-electron chi connectivity index (χ2n) is 3.54. The summed E-state index contributed by atoms with van der Waals surface area (Å²) in [6, 6.07) is 12.4. The van der Waals surface area contributed by atoms with Crippen molar-refractivity contribution in [2.45, 2.75) is 0 Å². The number of carbonyl (C=O) groups is 1. The zero-order valence-corrected chi connectivity index (χ0v) is 11.7. The number of halogens is 2. The molecule has 2 N–H and O–H groups in total. The van der Waals surface area contributed by atoms with Crippen molar-refractivity contribution in [1.82, 2.24) is 0 Å². The predicted octanol–water partition coefficient (Wildman–Crippen LogP) is 3.76. The molecule has 0 bridgehead atoms. The fourth-order valence-electron chi connectivity index (χ4n) is 1.48. The van der Waals surface area contributed by atoms with Crippen LogP contribution in [-0.4, -0.2) is 5.78 Å². The van der Waals surface area contributed by atoms with E-state index < -0.39 is 0 Å². The van der Waals surface area contributed by atoms with Gasteiger partial charge in [-0.05, 0) is 59.0 Å². The van der Waals surface area contributed by atoms with E-state index in [1.807, 2.05) is 12.1 Å². The third kappa shape index (κ3) is 2.61. The Balaban J connectivity index is 2.44. The quantitative estimate of drug-likeness (QED) is 0.505. The van der Waals surface area contributed by atoms with Crippen molar-refractivity contribution in [2.24, 2.45) is 0 Å². The molecule has 0 unspecified atom stereocenters. The van der Waals surface area contributed by atoms with Gasteiger partial charge in [0, 0.05) is 14.7 Å². The molecule has 0 aromatic heterocycles. The molecule has 0 aliphatic carbocycles. The van der Waals surface area contributed by atoms with Gasteiger partial charge in [-0.25, -0.2) is 0 Å². The third-order valence-corrected chi connectivity index (χ3v) is 3.52. The highest BCUT2D eigenvalue weighted by Gasteiger charge is 2.13. The Hall–Kier alpha value is -1.07. The van der Waals surface area contributed by atoms with Gasteiger partial charge in [-0.1, -0.05) is 17.7 Å². The van der Waals surface area contributed by atoms with Gasteiger partial charge in [-0.15, -0.1) is 0 Å². The van der Waals surface area contributed by atoms with Gasteiger partial charge < -0.3 is 5.73 Å². The topological polar surface area (TPSA) is 43.1 Å². The molecule has 4 heteroatoms. The molecule has 0 spiro atoms. The molecular weight excluding hydrogens is 349 g/mol. The highest BCUT2D eigenvalue weighted by Crippen LogP contribution is 2.25. The van der Waals surface area contributed by atoms with E-state index in [1.165, 1.54) is 0 Å². The Morgan fingerprint density at radius 3 is 2.41 bits per heavy atom. The van der Waals surface area contributed by atoms with E-state index in [0.29, 0.717) is 21.8 Å². The van der Waals surface area contributed by atoms with Gasteiger partial charge in [-0.3, -0.25) is 4.79 Å². The van der Waals surface area contributed by atoms with Crippen LogP contribution in [0.2, 0.25) is 5.02 Å². The monoisotopic (exact) mass is 357 g/mol. The van der Waals surface area contributed by atoms with E-state index >= 15 is 0 Å². The van der Waals surface area contributed by atoms with Crippen molar-refractivity contribution in [3.63, 3.8) is 0 Å². The highest BCUT2D eigenvalue weighted by molar-refractivity contribution is 14.1. The number of benzene rings is 2. The minimum absolute atomic E-state index is 0.112. The van der Waals surface area contributed by atoms with Crippen LogP contribution in [0, 0.1) is 3.57 Å². The summed E-state index contributed by atoms with van der Waals surface area (Å²) >= 11 is 8.21. The molecule has 17 heavy (non-hydrogen) atoms. The summed E-state index contributed by atoms with van der Waals surface area (Å²) in [5, 5.41) is 0.316. The van der Waals surface area contributed by atoms with Crippen LogP contribution in [0.15, 0.2) is 42.5 Å². The van der Waals surface area contributed by atoms with E-state index in [0.717, 1.165) is 3.57 Å². The fourth-order valence-corrected chi connectivity index (χ4v) is 2.05. The number of carbonyl (C=O) groups excluding carboxylic acids is 1. The van der Waals surface area contributed by atoms with Crippen LogP contribution in [0.5, 0.6) is 0 Å². The van der Waals surface area contributed by atoms with Gasteiger partial charge in [0.25, 0.3) is 0 Å². The first-order chi connectivity index (χ1) is 8.09. The summed E-state index contributed by atoms with van der Waals surface area (Å²) in [5.41, 5.74) is 7.14. The maximum Gasteiger partial charge on any atom is 0.194 e. The Morgan fingerprint density at radius 2 is 1.76 bits per heavy atom. The van der Waals surface area contributed by atoms with Crippen molar-refractivity contribution in [3.05, 3.63) is 62.2 Å². The lowest BCUT2D eigenvalue weighted by Gasteiger charge is -2.05. The maximum atomic E-state index is 12.2. The van der Waals surface area contributed by atoms with E-state index in [-0.39, 0.29) is 5.78 Å². The van der Waals surface area contributed by atoms with Crippen molar-refractivity contribution in [3.8, 4) is 0 Å². The lowest BCUT2D eigenvalue weighted by atomic mass is 10.0. The van der Waals surface area contributed by atoms with Crippen molar-refractivity contribution < 1.29 is 4.79 Å². The van der Waals surface area contributed by atoms with Crippen LogP contribution in [0.3, 0.4) is 0 Å². The molecule has 0 aliphatic rings. The molecule has 2 aromatic rings. The molecule has 2 nitrogen and oxygen atoms in total. The van der Waals surface area contributed by atoms with Crippen LogP contribution in [0.4, 0.5) is 5.69 Å². The molecule has 0 saturated carbocycles. The number of nitrogen functional groups attached to an aromatic ring is 1. The summed E-state index contributed by atoms with van der Waals surface area (Å²) < 4.78 is 1.08. The number of hydrogen-bond acceptors (Lipinski definition) is 2. The van der Waals surface area contributed by atoms with E-state index in [9.17, 15) is 4.79 Å². The Bertz CT molecular complexity index is 566. The Labute approximate surface area is 118 Å². The molecular formula is C13H9ClINO. The molecule has 86 valence electrons. The number of rotatable bonds is 2. The van der Waals surface area contributed by atoms with Crippen molar-refractivity contribution in [1.29, 1.82) is 0 Å². The van der Waals surface area contributed by atoms with E-state index in [1.54, 1.807) is 30.3 Å². The van der Waals surface area contributed by atoms with Crippen molar-refractivity contribution in [2.75, 3.05) is 5.73 Å². The van der Waals surface area contributed by atoms with E-state index in [2.05, 4.69) is 22.6 Å². The van der Waals surface area contributed by atoms with Gasteiger partial charge in [0.1, 0.15) is 0 Å². The number of hydrogen-bond donors (Lipinski definition) is 1. The lowest BCUT2D eigenvalue weighted by molar-refractivity contribution is 0.103. The zero-order chi connectivity index (χ0) is 12.4. The van der Waals surface area contributed by atoms with Gasteiger partial charge >= 0.3 is 0 Å². The molecule has 0 saturated heterocycles. The summed E-state index contributed by atoms with van der Waals surface area (Å²) in [6.45, 7) is 0.